The van der Waals surface area contributed by atoms with E-state index in [1.54, 1.807) is 20.8 Å². The summed E-state index contributed by atoms with van der Waals surface area (Å²) in [5.74, 6) is -0.469. The summed E-state index contributed by atoms with van der Waals surface area (Å²) in [6.07, 6.45) is -0.183. The van der Waals surface area contributed by atoms with E-state index in [-0.39, 0.29) is 14.5 Å². The second kappa shape index (κ2) is 7.19. The van der Waals surface area contributed by atoms with Gasteiger partial charge in [0.15, 0.2) is 0 Å². The first-order valence-electron chi connectivity index (χ1n) is 7.33. The van der Waals surface area contributed by atoms with E-state index in [9.17, 15) is 9.59 Å². The summed E-state index contributed by atoms with van der Waals surface area (Å²) >= 11 is 0.165. The van der Waals surface area contributed by atoms with Crippen LogP contribution >= 0.6 is 0 Å². The van der Waals surface area contributed by atoms with Crippen molar-refractivity contribution in [3.63, 3.8) is 0 Å². The van der Waals surface area contributed by atoms with Crippen molar-refractivity contribution in [1.82, 2.24) is 5.32 Å². The molecule has 1 aromatic carbocycles. The topological polar surface area (TPSA) is 64.6 Å². The summed E-state index contributed by atoms with van der Waals surface area (Å²) in [5.41, 5.74) is -0.614. The fraction of sp³-hybridized carbons (Fsp3) is 0.412. The molecule has 1 heterocycles. The average Bonchev–Trinajstić information content (AvgIpc) is 2.86. The van der Waals surface area contributed by atoms with Crippen LogP contribution in [0.4, 0.5) is 4.79 Å². The van der Waals surface area contributed by atoms with Gasteiger partial charge in [0.1, 0.15) is 0 Å². The molecule has 5 nitrogen and oxygen atoms in total. The van der Waals surface area contributed by atoms with E-state index in [1.807, 2.05) is 12.1 Å². The molecule has 2 rings (SSSR count). The second-order valence-electron chi connectivity index (χ2n) is 6.18. The number of methoxy groups -OCH3 is 1. The van der Waals surface area contributed by atoms with Gasteiger partial charge in [0, 0.05) is 0 Å². The van der Waals surface area contributed by atoms with E-state index in [4.69, 9.17) is 9.47 Å². The molecule has 6 heteroatoms. The van der Waals surface area contributed by atoms with E-state index >= 15 is 0 Å². The summed E-state index contributed by atoms with van der Waals surface area (Å²) in [4.78, 5) is 23.9. The van der Waals surface area contributed by atoms with Crippen LogP contribution in [0.15, 0.2) is 30.3 Å². The second-order valence-corrected chi connectivity index (χ2v) is 8.63. The Morgan fingerprint density at radius 3 is 2.57 bits per heavy atom. The Morgan fingerprint density at radius 2 is 1.96 bits per heavy atom. The van der Waals surface area contributed by atoms with E-state index in [1.165, 1.54) is 16.8 Å². The van der Waals surface area contributed by atoms with Crippen molar-refractivity contribution in [3.8, 4) is 0 Å². The van der Waals surface area contributed by atoms with E-state index in [2.05, 4.69) is 23.5 Å². The van der Waals surface area contributed by atoms with Crippen molar-refractivity contribution in [1.29, 1.82) is 0 Å². The number of fused-ring (bicyclic) bond motifs is 1. The predicted molar refractivity (Wildman–Crippen MR) is 89.8 cm³/mol. The number of hydrogen-bond acceptors (Lipinski definition) is 4. The van der Waals surface area contributed by atoms with E-state index in [0.29, 0.717) is 6.42 Å². The first kappa shape index (κ1) is 17.6. The molecule has 1 N–H and O–H groups in total. The zero-order valence-corrected chi connectivity index (χ0v) is 15.4. The molecule has 0 aliphatic heterocycles. The number of ether oxygens (including phenoxy) is 2. The molecule has 23 heavy (non-hydrogen) atoms. The minimum atomic E-state index is -0.739. The van der Waals surface area contributed by atoms with Crippen LogP contribution in [0.2, 0.25) is 0 Å². The quantitative estimate of drug-likeness (QED) is 0.652. The molecule has 0 spiro atoms. The predicted octanol–water partition coefficient (Wildman–Crippen LogP) is 2.51. The van der Waals surface area contributed by atoms with Gasteiger partial charge in [-0.1, -0.05) is 0 Å². The van der Waals surface area contributed by atoms with Crippen LogP contribution < -0.4 is 5.32 Å². The normalized spacial score (nSPS) is 12.7. The number of benzene rings is 1. The summed E-state index contributed by atoms with van der Waals surface area (Å²) in [5, 5.41) is 3.80. The molecular weight excluding hydrogens is 361 g/mol. The summed E-state index contributed by atoms with van der Waals surface area (Å²) in [6, 6.07) is 9.49. The Hall–Kier alpha value is -1.78. The average molecular weight is 382 g/mol. The van der Waals surface area contributed by atoms with E-state index < -0.39 is 23.7 Å². The van der Waals surface area contributed by atoms with Crippen LogP contribution in [0, 0.1) is 0 Å². The molecule has 0 saturated carbocycles. The fourth-order valence-corrected chi connectivity index (χ4v) is 4.45. The van der Waals surface area contributed by atoms with Gasteiger partial charge in [-0.25, -0.2) is 0 Å². The number of alkyl carbamates (subject to hydrolysis) is 1. The molecule has 0 bridgehead atoms. The van der Waals surface area contributed by atoms with Crippen molar-refractivity contribution >= 4 is 36.2 Å². The van der Waals surface area contributed by atoms with Crippen LogP contribution in [-0.2, 0) is 20.7 Å². The number of rotatable bonds is 4. The summed E-state index contributed by atoms with van der Waals surface area (Å²) in [7, 11) is 1.31. The van der Waals surface area contributed by atoms with Gasteiger partial charge >= 0.3 is 141 Å². The van der Waals surface area contributed by atoms with Gasteiger partial charge in [0.25, 0.3) is 0 Å². The Kier molecular flexibility index (Phi) is 5.50. The van der Waals surface area contributed by atoms with Crippen molar-refractivity contribution in [3.05, 3.63) is 34.8 Å². The third kappa shape index (κ3) is 5.12. The number of nitrogens with one attached hydrogen (secondary N) is 1. The van der Waals surface area contributed by atoms with Gasteiger partial charge in [-0.15, -0.1) is 0 Å². The van der Waals surface area contributed by atoms with Crippen LogP contribution in [0.3, 0.4) is 0 Å². The summed E-state index contributed by atoms with van der Waals surface area (Å²) < 4.78 is 12.4. The van der Waals surface area contributed by atoms with Crippen molar-refractivity contribution in [2.75, 3.05) is 7.11 Å². The monoisotopic (exact) mass is 383 g/mol. The Balaban J connectivity index is 2.12. The molecule has 1 aromatic heterocycles. The van der Waals surface area contributed by atoms with Gasteiger partial charge in [-0.2, -0.15) is 0 Å². The fourth-order valence-electron chi connectivity index (χ4n) is 2.12. The number of carbonyl (C=O) groups excluding carboxylic acids is 2. The van der Waals surface area contributed by atoms with Gasteiger partial charge in [0.2, 0.25) is 0 Å². The number of carbonyl (C=O) groups is 2. The first-order chi connectivity index (χ1) is 10.8. The standard InChI is InChI=1S/C17H21NO4Se/c1-17(2,3)22-16(20)18-13(15(19)21-4)10-12-9-11-7-5-6-8-14(11)23-12/h5-9,13H,10H2,1-4H3,(H,18,20)/t13-/m0/s1. The SMILES string of the molecule is COC(=O)[C@H](Cc1cc2ccccc2[se]1)NC(=O)OC(C)(C)C. The summed E-state index contributed by atoms with van der Waals surface area (Å²) in [6.45, 7) is 5.33. The third-order valence-electron chi connectivity index (χ3n) is 3.06. The molecule has 0 fully saturated rings. The number of hydrogen-bond donors (Lipinski definition) is 1. The molecular formula is C17H21NO4Se. The molecule has 0 saturated heterocycles. The van der Waals surface area contributed by atoms with Crippen molar-refractivity contribution in [2.24, 2.45) is 0 Å². The van der Waals surface area contributed by atoms with Gasteiger partial charge < -0.3 is 0 Å². The molecule has 1 atom stereocenters. The Morgan fingerprint density at radius 1 is 1.26 bits per heavy atom. The van der Waals surface area contributed by atoms with Crippen LogP contribution in [0.5, 0.6) is 0 Å². The van der Waals surface area contributed by atoms with Gasteiger partial charge in [0.05, 0.1) is 0 Å². The first-order valence-corrected chi connectivity index (χ1v) is 9.04. The maximum absolute atomic E-state index is 12.0. The van der Waals surface area contributed by atoms with Gasteiger partial charge in [-0.05, 0) is 0 Å². The van der Waals surface area contributed by atoms with E-state index in [0.717, 1.165) is 4.44 Å². The molecule has 0 aliphatic rings. The molecule has 0 unspecified atom stereocenters. The zero-order valence-electron chi connectivity index (χ0n) is 13.7. The minimum absolute atomic E-state index is 0.165. The number of amides is 1. The molecule has 0 aliphatic carbocycles. The van der Waals surface area contributed by atoms with Crippen molar-refractivity contribution < 1.29 is 19.1 Å². The van der Waals surface area contributed by atoms with Gasteiger partial charge in [-0.3, -0.25) is 0 Å². The maximum atomic E-state index is 12.0. The Labute approximate surface area is 141 Å². The molecule has 0 radical (unpaired) electrons. The molecule has 2 aromatic rings. The zero-order chi connectivity index (χ0) is 17.0. The molecule has 124 valence electrons. The van der Waals surface area contributed by atoms with Crippen LogP contribution in [-0.4, -0.2) is 45.3 Å². The third-order valence-corrected chi connectivity index (χ3v) is 5.45. The van der Waals surface area contributed by atoms with Crippen LogP contribution in [0.25, 0.3) is 9.65 Å². The van der Waals surface area contributed by atoms with Crippen molar-refractivity contribution in [2.45, 2.75) is 38.8 Å². The molecule has 1 amide bonds. The number of esters is 1. The van der Waals surface area contributed by atoms with Crippen LogP contribution in [0.1, 0.15) is 25.2 Å². The Bertz CT molecular complexity index is 669.